The molecule has 4 rings (SSSR count). The minimum atomic E-state index is -1.16. The van der Waals surface area contributed by atoms with Gasteiger partial charge in [-0.3, -0.25) is 9.59 Å². The number of halogens is 1. The van der Waals surface area contributed by atoms with Crippen molar-refractivity contribution in [3.05, 3.63) is 117 Å². The number of benzene rings is 3. The van der Waals surface area contributed by atoms with Gasteiger partial charge in [0.2, 0.25) is 12.3 Å². The minimum absolute atomic E-state index is 0.104. The number of hydrogen-bond donors (Lipinski definition) is 3. The molecule has 1 heterocycles. The smallest absolute Gasteiger partial charge is 0.230 e. The fraction of sp³-hybridized carbons (Fsp3) is 0.257. The van der Waals surface area contributed by atoms with Crippen LogP contribution in [0.1, 0.15) is 58.6 Å². The highest BCUT2D eigenvalue weighted by Crippen LogP contribution is 2.40. The second kappa shape index (κ2) is 12.7. The SMILES string of the molecule is Cc1ccc(NC(=O)Cc2cc(/C(=C\N(C)C=O)c3cc(C(C)(C)O)ccc3Oc3c(C)cc(F)cc3C)c(C)[nH]2)cc1. The maximum Gasteiger partial charge on any atom is 0.230 e. The molecule has 0 unspecified atom stereocenters. The Morgan fingerprint density at radius 3 is 2.26 bits per heavy atom. The third kappa shape index (κ3) is 7.59. The summed E-state index contributed by atoms with van der Waals surface area (Å²) in [6.07, 6.45) is 2.47. The molecule has 224 valence electrons. The predicted octanol–water partition coefficient (Wildman–Crippen LogP) is 7.07. The molecule has 3 aromatic carbocycles. The lowest BCUT2D eigenvalue weighted by Gasteiger charge is -2.23. The third-order valence-electron chi connectivity index (χ3n) is 7.16. The zero-order chi connectivity index (χ0) is 31.5. The van der Waals surface area contributed by atoms with Crippen LogP contribution in [0.15, 0.2) is 66.9 Å². The van der Waals surface area contributed by atoms with Crippen LogP contribution in [0.25, 0.3) is 5.57 Å². The number of nitrogens with one attached hydrogen (secondary N) is 2. The molecule has 2 amide bonds. The number of aliphatic hydroxyl groups is 1. The van der Waals surface area contributed by atoms with Crippen LogP contribution in [-0.2, 0) is 21.6 Å². The fourth-order valence-corrected chi connectivity index (χ4v) is 4.91. The number of carbonyl (C=O) groups is 2. The van der Waals surface area contributed by atoms with Crippen LogP contribution in [0.4, 0.5) is 10.1 Å². The number of aryl methyl sites for hydroxylation is 4. The van der Waals surface area contributed by atoms with Crippen molar-refractivity contribution >= 4 is 23.6 Å². The van der Waals surface area contributed by atoms with Crippen molar-refractivity contribution in [2.24, 2.45) is 0 Å². The van der Waals surface area contributed by atoms with E-state index in [9.17, 15) is 19.1 Å². The lowest BCUT2D eigenvalue weighted by Crippen LogP contribution is -2.16. The van der Waals surface area contributed by atoms with E-state index in [1.807, 2.05) is 50.2 Å². The van der Waals surface area contributed by atoms with Crippen molar-refractivity contribution in [1.82, 2.24) is 9.88 Å². The van der Waals surface area contributed by atoms with Gasteiger partial charge in [-0.15, -0.1) is 0 Å². The summed E-state index contributed by atoms with van der Waals surface area (Å²) in [5.41, 5.74) is 5.98. The quantitative estimate of drug-likeness (QED) is 0.174. The summed E-state index contributed by atoms with van der Waals surface area (Å²) in [5.74, 6) is 0.439. The number of anilines is 1. The van der Waals surface area contributed by atoms with Crippen LogP contribution in [0, 0.1) is 33.5 Å². The van der Waals surface area contributed by atoms with E-state index in [-0.39, 0.29) is 18.1 Å². The van der Waals surface area contributed by atoms with Crippen molar-refractivity contribution < 1.29 is 23.8 Å². The van der Waals surface area contributed by atoms with E-state index in [0.717, 1.165) is 16.8 Å². The first-order valence-electron chi connectivity index (χ1n) is 14.0. The van der Waals surface area contributed by atoms with Gasteiger partial charge in [0.25, 0.3) is 0 Å². The number of aromatic nitrogens is 1. The maximum absolute atomic E-state index is 14.1. The van der Waals surface area contributed by atoms with Crippen LogP contribution in [-0.4, -0.2) is 34.4 Å². The zero-order valence-electron chi connectivity index (χ0n) is 25.6. The molecule has 0 aliphatic rings. The topological polar surface area (TPSA) is 94.7 Å². The van der Waals surface area contributed by atoms with E-state index in [2.05, 4.69) is 10.3 Å². The molecule has 1 aromatic heterocycles. The van der Waals surface area contributed by atoms with Gasteiger partial charge in [-0.2, -0.15) is 0 Å². The van der Waals surface area contributed by atoms with Crippen molar-refractivity contribution in [2.75, 3.05) is 12.4 Å². The van der Waals surface area contributed by atoms with Gasteiger partial charge in [0.15, 0.2) is 0 Å². The summed E-state index contributed by atoms with van der Waals surface area (Å²) in [6, 6.07) is 17.6. The van der Waals surface area contributed by atoms with E-state index >= 15 is 0 Å². The zero-order valence-corrected chi connectivity index (χ0v) is 25.6. The molecule has 4 aromatic rings. The maximum atomic E-state index is 14.1. The summed E-state index contributed by atoms with van der Waals surface area (Å²) in [5, 5.41) is 13.8. The van der Waals surface area contributed by atoms with Gasteiger partial charge < -0.3 is 25.0 Å². The van der Waals surface area contributed by atoms with Crippen molar-refractivity contribution in [2.45, 2.75) is 53.6 Å². The largest absolute Gasteiger partial charge is 0.456 e. The minimum Gasteiger partial charge on any atom is -0.456 e. The van der Waals surface area contributed by atoms with Gasteiger partial charge in [0.1, 0.15) is 17.3 Å². The number of nitrogens with zero attached hydrogens (tertiary/aromatic N) is 1. The standard InChI is InChI=1S/C35H38FN3O4/c1-21-8-11-27(12-9-21)38-33(41)18-28-17-29(24(4)37-28)31(19-39(7)20-40)30-16-25(35(5,6)42)10-13-32(30)43-34-22(2)14-26(36)15-23(34)3/h8-17,19-20,37,42H,18H2,1-7H3,(H,38,41)/b31-19+. The fourth-order valence-electron chi connectivity index (χ4n) is 4.91. The summed E-state index contributed by atoms with van der Waals surface area (Å²) >= 11 is 0. The predicted molar refractivity (Wildman–Crippen MR) is 168 cm³/mol. The normalized spacial score (nSPS) is 11.8. The van der Waals surface area contributed by atoms with E-state index in [0.29, 0.717) is 57.1 Å². The summed E-state index contributed by atoms with van der Waals surface area (Å²) in [6.45, 7) is 10.8. The highest BCUT2D eigenvalue weighted by Gasteiger charge is 2.23. The Morgan fingerprint density at radius 1 is 1.00 bits per heavy atom. The van der Waals surface area contributed by atoms with E-state index < -0.39 is 5.60 Å². The monoisotopic (exact) mass is 583 g/mol. The molecular formula is C35H38FN3O4. The molecule has 0 bridgehead atoms. The highest BCUT2D eigenvalue weighted by atomic mass is 19.1. The molecular weight excluding hydrogens is 545 g/mol. The molecule has 3 N–H and O–H groups in total. The number of aromatic amines is 1. The van der Waals surface area contributed by atoms with Gasteiger partial charge >= 0.3 is 0 Å². The molecule has 0 aliphatic heterocycles. The number of carbonyl (C=O) groups excluding carboxylic acids is 2. The van der Waals surface area contributed by atoms with Crippen molar-refractivity contribution in [1.29, 1.82) is 0 Å². The average Bonchev–Trinajstić information content (AvgIpc) is 3.29. The highest BCUT2D eigenvalue weighted by molar-refractivity contribution is 5.92. The van der Waals surface area contributed by atoms with Gasteiger partial charge in [0, 0.05) is 47.0 Å². The third-order valence-corrected chi connectivity index (χ3v) is 7.16. The average molecular weight is 584 g/mol. The summed E-state index contributed by atoms with van der Waals surface area (Å²) in [7, 11) is 1.62. The van der Waals surface area contributed by atoms with Crippen LogP contribution in [0.5, 0.6) is 11.5 Å². The first-order chi connectivity index (χ1) is 20.2. The second-order valence-corrected chi connectivity index (χ2v) is 11.5. The van der Waals surface area contributed by atoms with Gasteiger partial charge in [-0.1, -0.05) is 23.8 Å². The number of rotatable bonds is 10. The summed E-state index contributed by atoms with van der Waals surface area (Å²) < 4.78 is 20.5. The van der Waals surface area contributed by atoms with Crippen LogP contribution in [0.2, 0.25) is 0 Å². The molecule has 43 heavy (non-hydrogen) atoms. The second-order valence-electron chi connectivity index (χ2n) is 11.5. The number of ether oxygens (including phenoxy) is 1. The first kappa shape index (κ1) is 31.3. The summed E-state index contributed by atoms with van der Waals surface area (Å²) in [4.78, 5) is 29.3. The Morgan fingerprint density at radius 2 is 1.65 bits per heavy atom. The number of amides is 2. The molecule has 0 aliphatic carbocycles. The molecule has 0 atom stereocenters. The number of H-pyrrole nitrogens is 1. The molecule has 8 heteroatoms. The Kier molecular flexibility index (Phi) is 9.21. The molecule has 0 radical (unpaired) electrons. The van der Waals surface area contributed by atoms with Crippen LogP contribution in [0.3, 0.4) is 0 Å². The lowest BCUT2D eigenvalue weighted by atomic mass is 9.91. The molecule has 0 spiro atoms. The van der Waals surface area contributed by atoms with E-state index in [4.69, 9.17) is 4.74 Å². The van der Waals surface area contributed by atoms with Crippen molar-refractivity contribution in [3.63, 3.8) is 0 Å². The van der Waals surface area contributed by atoms with Crippen LogP contribution >= 0.6 is 0 Å². The molecule has 7 nitrogen and oxygen atoms in total. The Hall–Kier alpha value is -4.69. The molecule has 0 fully saturated rings. The van der Waals surface area contributed by atoms with Crippen LogP contribution < -0.4 is 10.1 Å². The lowest BCUT2D eigenvalue weighted by molar-refractivity contribution is -0.116. The molecule has 0 saturated carbocycles. The van der Waals surface area contributed by atoms with Crippen molar-refractivity contribution in [3.8, 4) is 11.5 Å². The Balaban J connectivity index is 1.80. The van der Waals surface area contributed by atoms with E-state index in [1.165, 1.54) is 17.0 Å². The van der Waals surface area contributed by atoms with Gasteiger partial charge in [0.05, 0.1) is 12.0 Å². The Bertz CT molecular complexity index is 1660. The van der Waals surface area contributed by atoms with Gasteiger partial charge in [-0.25, -0.2) is 4.39 Å². The Labute approximate surface area is 252 Å². The first-order valence-corrected chi connectivity index (χ1v) is 14.0. The molecule has 0 saturated heterocycles. The number of hydrogen-bond acceptors (Lipinski definition) is 4. The van der Waals surface area contributed by atoms with Gasteiger partial charge in [-0.05, 0) is 101 Å². The van der Waals surface area contributed by atoms with E-state index in [1.54, 1.807) is 53.1 Å².